The third-order valence-corrected chi connectivity index (χ3v) is 3.19. The Hall–Kier alpha value is -1.30. The molecule has 5 nitrogen and oxygen atoms in total. The van der Waals surface area contributed by atoms with Crippen LogP contribution in [0.2, 0.25) is 0 Å². The molecular formula is C11H17N5S. The van der Waals surface area contributed by atoms with Crippen LogP contribution in [0.5, 0.6) is 0 Å². The molecule has 2 rings (SSSR count). The van der Waals surface area contributed by atoms with Crippen LogP contribution in [0.15, 0.2) is 6.33 Å². The Morgan fingerprint density at radius 3 is 2.88 bits per heavy atom. The van der Waals surface area contributed by atoms with Crippen molar-refractivity contribution in [3.63, 3.8) is 0 Å². The van der Waals surface area contributed by atoms with Crippen LogP contribution in [0.3, 0.4) is 0 Å². The highest BCUT2D eigenvalue weighted by Crippen LogP contribution is 2.25. The maximum Gasteiger partial charge on any atom is 0.177 e. The van der Waals surface area contributed by atoms with Gasteiger partial charge in [0.1, 0.15) is 11.2 Å². The minimum absolute atomic E-state index is 0.570. The molecule has 2 aromatic rings. The Balaban J connectivity index is 2.32. The van der Waals surface area contributed by atoms with Crippen LogP contribution in [0.25, 0.3) is 10.7 Å². The summed E-state index contributed by atoms with van der Waals surface area (Å²) in [6.45, 7) is 7.43. The standard InChI is InChI=1S/C11H17N5S/c1-4-5-9-10(17-15-13-9)11-14-12-7-16(11)6-8(2)3/h7-8H,4-6H2,1-3H3. The van der Waals surface area contributed by atoms with Crippen LogP contribution < -0.4 is 0 Å². The number of rotatable bonds is 5. The van der Waals surface area contributed by atoms with E-state index in [1.807, 2.05) is 0 Å². The molecule has 0 aliphatic heterocycles. The van der Waals surface area contributed by atoms with Crippen molar-refractivity contribution in [1.29, 1.82) is 0 Å². The summed E-state index contributed by atoms with van der Waals surface area (Å²) in [4.78, 5) is 1.06. The average molecular weight is 251 g/mol. The Kier molecular flexibility index (Phi) is 3.83. The largest absolute Gasteiger partial charge is 0.313 e. The third-order valence-electron chi connectivity index (χ3n) is 2.42. The van der Waals surface area contributed by atoms with Gasteiger partial charge in [0.15, 0.2) is 5.82 Å². The first-order valence-corrected chi connectivity index (χ1v) is 6.69. The molecule has 0 saturated carbocycles. The first kappa shape index (κ1) is 12.2. The van der Waals surface area contributed by atoms with Crippen molar-refractivity contribution in [2.24, 2.45) is 5.92 Å². The summed E-state index contributed by atoms with van der Waals surface area (Å²) in [6.07, 6.45) is 3.79. The van der Waals surface area contributed by atoms with Gasteiger partial charge >= 0.3 is 0 Å². The monoisotopic (exact) mass is 251 g/mol. The Labute approximate surface area is 105 Å². The number of nitrogens with zero attached hydrogens (tertiary/aromatic N) is 5. The fourth-order valence-corrected chi connectivity index (χ4v) is 2.45. The van der Waals surface area contributed by atoms with Crippen LogP contribution in [0, 0.1) is 5.92 Å². The molecule has 92 valence electrons. The molecule has 17 heavy (non-hydrogen) atoms. The quantitative estimate of drug-likeness (QED) is 0.818. The molecule has 0 atom stereocenters. The Bertz CT molecular complexity index is 474. The maximum absolute atomic E-state index is 4.20. The second-order valence-corrected chi connectivity index (χ2v) is 5.25. The van der Waals surface area contributed by atoms with E-state index in [9.17, 15) is 0 Å². The molecule has 0 aliphatic rings. The Morgan fingerprint density at radius 1 is 1.35 bits per heavy atom. The SMILES string of the molecule is CCCc1nnsc1-c1nncn1CC(C)C. The zero-order chi connectivity index (χ0) is 12.3. The number of hydrogen-bond acceptors (Lipinski definition) is 5. The summed E-state index contributed by atoms with van der Waals surface area (Å²) in [6, 6.07) is 0. The van der Waals surface area contributed by atoms with Gasteiger partial charge in [-0.15, -0.1) is 15.3 Å². The molecule has 2 heterocycles. The molecule has 0 radical (unpaired) electrons. The lowest BCUT2D eigenvalue weighted by atomic mass is 10.2. The van der Waals surface area contributed by atoms with E-state index in [4.69, 9.17) is 0 Å². The van der Waals surface area contributed by atoms with E-state index in [0.29, 0.717) is 5.92 Å². The van der Waals surface area contributed by atoms with Gasteiger partial charge < -0.3 is 4.57 Å². The third kappa shape index (κ3) is 2.69. The second kappa shape index (κ2) is 5.35. The minimum Gasteiger partial charge on any atom is -0.313 e. The van der Waals surface area contributed by atoms with Crippen molar-refractivity contribution in [3.05, 3.63) is 12.0 Å². The van der Waals surface area contributed by atoms with Gasteiger partial charge in [-0.2, -0.15) is 0 Å². The van der Waals surface area contributed by atoms with Gasteiger partial charge in [0.05, 0.1) is 5.69 Å². The number of aryl methyl sites for hydroxylation is 1. The fraction of sp³-hybridized carbons (Fsp3) is 0.636. The zero-order valence-electron chi connectivity index (χ0n) is 10.4. The molecule has 0 fully saturated rings. The van der Waals surface area contributed by atoms with Crippen molar-refractivity contribution < 1.29 is 0 Å². The smallest absolute Gasteiger partial charge is 0.177 e. The molecule has 0 spiro atoms. The minimum atomic E-state index is 0.570. The molecule has 0 aliphatic carbocycles. The maximum atomic E-state index is 4.20. The second-order valence-electron chi connectivity index (χ2n) is 4.50. The van der Waals surface area contributed by atoms with E-state index in [2.05, 4.69) is 45.1 Å². The lowest BCUT2D eigenvalue weighted by Crippen LogP contribution is -2.05. The van der Waals surface area contributed by atoms with E-state index < -0.39 is 0 Å². The highest BCUT2D eigenvalue weighted by Gasteiger charge is 2.16. The fourth-order valence-electron chi connectivity index (χ4n) is 1.74. The van der Waals surface area contributed by atoms with Crippen molar-refractivity contribution in [2.75, 3.05) is 0 Å². The molecule has 0 aromatic carbocycles. The molecular weight excluding hydrogens is 234 g/mol. The highest BCUT2D eigenvalue weighted by molar-refractivity contribution is 7.09. The van der Waals surface area contributed by atoms with Crippen molar-refractivity contribution in [1.82, 2.24) is 24.4 Å². The normalized spacial score (nSPS) is 11.3. The summed E-state index contributed by atoms with van der Waals surface area (Å²) in [7, 11) is 0. The summed E-state index contributed by atoms with van der Waals surface area (Å²) >= 11 is 1.40. The van der Waals surface area contributed by atoms with Crippen molar-refractivity contribution >= 4 is 11.5 Å². The molecule has 6 heteroatoms. The zero-order valence-corrected chi connectivity index (χ0v) is 11.2. The predicted molar refractivity (Wildman–Crippen MR) is 67.8 cm³/mol. The van der Waals surface area contributed by atoms with E-state index in [-0.39, 0.29) is 0 Å². The van der Waals surface area contributed by atoms with Crippen LogP contribution >= 0.6 is 11.5 Å². The van der Waals surface area contributed by atoms with E-state index >= 15 is 0 Å². The van der Waals surface area contributed by atoms with Crippen LogP contribution in [-0.2, 0) is 13.0 Å². The molecule has 0 N–H and O–H groups in total. The van der Waals surface area contributed by atoms with Gasteiger partial charge in [-0.1, -0.05) is 31.7 Å². The summed E-state index contributed by atoms with van der Waals surface area (Å²) in [5.41, 5.74) is 1.04. The summed E-state index contributed by atoms with van der Waals surface area (Å²) < 4.78 is 6.11. The topological polar surface area (TPSA) is 56.5 Å². The molecule has 2 aromatic heterocycles. The van der Waals surface area contributed by atoms with Gasteiger partial charge in [-0.25, -0.2) is 0 Å². The summed E-state index contributed by atoms with van der Waals surface area (Å²) in [5.74, 6) is 1.47. The number of hydrogen-bond donors (Lipinski definition) is 0. The van der Waals surface area contributed by atoms with Crippen LogP contribution in [0.4, 0.5) is 0 Å². The lowest BCUT2D eigenvalue weighted by molar-refractivity contribution is 0.525. The molecule has 0 amide bonds. The first-order valence-electron chi connectivity index (χ1n) is 5.91. The molecule has 0 bridgehead atoms. The lowest BCUT2D eigenvalue weighted by Gasteiger charge is -2.08. The number of aromatic nitrogens is 5. The van der Waals surface area contributed by atoms with Gasteiger partial charge in [-0.3, -0.25) is 0 Å². The van der Waals surface area contributed by atoms with Crippen molar-refractivity contribution in [2.45, 2.75) is 40.2 Å². The summed E-state index contributed by atoms with van der Waals surface area (Å²) in [5, 5.41) is 12.4. The van der Waals surface area contributed by atoms with Gasteiger partial charge in [0.2, 0.25) is 0 Å². The van der Waals surface area contributed by atoms with Gasteiger partial charge in [0, 0.05) is 6.54 Å². The first-order chi connectivity index (χ1) is 8.22. The molecule has 0 saturated heterocycles. The molecule has 0 unspecified atom stereocenters. The van der Waals surface area contributed by atoms with Gasteiger partial charge in [-0.05, 0) is 23.9 Å². The van der Waals surface area contributed by atoms with E-state index in [1.165, 1.54) is 11.5 Å². The van der Waals surface area contributed by atoms with Crippen molar-refractivity contribution in [3.8, 4) is 10.7 Å². The van der Waals surface area contributed by atoms with E-state index in [1.54, 1.807) is 6.33 Å². The predicted octanol–water partition coefficient (Wildman–Crippen LogP) is 2.41. The van der Waals surface area contributed by atoms with Crippen LogP contribution in [-0.4, -0.2) is 24.4 Å². The van der Waals surface area contributed by atoms with E-state index in [0.717, 1.165) is 35.8 Å². The average Bonchev–Trinajstić information content (AvgIpc) is 2.86. The Morgan fingerprint density at radius 2 is 2.18 bits per heavy atom. The van der Waals surface area contributed by atoms with Gasteiger partial charge in [0.25, 0.3) is 0 Å². The van der Waals surface area contributed by atoms with Crippen LogP contribution in [0.1, 0.15) is 32.9 Å². The highest BCUT2D eigenvalue weighted by atomic mass is 32.1.